The Morgan fingerprint density at radius 1 is 1.26 bits per heavy atom. The smallest absolute Gasteiger partial charge is 0.291 e. The second-order valence-electron chi connectivity index (χ2n) is 6.40. The van der Waals surface area contributed by atoms with Gasteiger partial charge < -0.3 is 14.5 Å². The van der Waals surface area contributed by atoms with Gasteiger partial charge in [0.25, 0.3) is 5.91 Å². The lowest BCUT2D eigenvalue weighted by molar-refractivity contribution is 0.0241. The summed E-state index contributed by atoms with van der Waals surface area (Å²) in [5.41, 5.74) is 2.24. The minimum absolute atomic E-state index is 0.0359. The van der Waals surface area contributed by atoms with Gasteiger partial charge in [-0.2, -0.15) is 0 Å². The zero-order valence-corrected chi connectivity index (χ0v) is 15.9. The number of pyridine rings is 1. The van der Waals surface area contributed by atoms with Crippen LogP contribution in [0.5, 0.6) is 0 Å². The zero-order valence-electron chi connectivity index (χ0n) is 15.1. The molecule has 1 aliphatic heterocycles. The number of anilines is 1. The highest BCUT2D eigenvalue weighted by Crippen LogP contribution is 2.39. The van der Waals surface area contributed by atoms with Crippen LogP contribution in [-0.2, 0) is 4.74 Å². The molecule has 0 spiro atoms. The number of nitrogens with zero attached hydrogens (tertiary/aromatic N) is 2. The summed E-state index contributed by atoms with van der Waals surface area (Å²) in [7, 11) is 0. The Kier molecular flexibility index (Phi) is 5.33. The van der Waals surface area contributed by atoms with E-state index in [0.717, 1.165) is 34.1 Å². The van der Waals surface area contributed by atoms with E-state index < -0.39 is 0 Å². The maximum Gasteiger partial charge on any atom is 0.291 e. The molecule has 0 radical (unpaired) electrons. The standard InChI is InChI=1S/C20H21N3O3S/c1-14-13-16(20(27-14)22-19(24)17-3-2-10-26-17)18(15-4-6-21-7-5-15)23-8-11-25-12-9-23/h2-7,10,13,18H,8-9,11-12H2,1H3,(H,22,24)/t18-/m0/s1. The number of amides is 1. The Morgan fingerprint density at radius 2 is 2.04 bits per heavy atom. The molecule has 27 heavy (non-hydrogen) atoms. The molecule has 0 aliphatic carbocycles. The lowest BCUT2D eigenvalue weighted by Crippen LogP contribution is -2.39. The summed E-state index contributed by atoms with van der Waals surface area (Å²) in [5.74, 6) is 0.0670. The van der Waals surface area contributed by atoms with Gasteiger partial charge in [0.2, 0.25) is 0 Å². The second kappa shape index (κ2) is 8.04. The molecule has 3 aromatic rings. The first kappa shape index (κ1) is 17.9. The minimum atomic E-state index is -0.237. The molecule has 0 saturated carbocycles. The van der Waals surface area contributed by atoms with Gasteiger partial charge in [0.1, 0.15) is 5.00 Å². The van der Waals surface area contributed by atoms with Crippen molar-refractivity contribution in [2.75, 3.05) is 31.6 Å². The average molecular weight is 383 g/mol. The predicted octanol–water partition coefficient (Wildman–Crippen LogP) is 3.72. The van der Waals surface area contributed by atoms with Crippen molar-refractivity contribution in [3.63, 3.8) is 0 Å². The van der Waals surface area contributed by atoms with Gasteiger partial charge in [-0.25, -0.2) is 0 Å². The number of nitrogens with one attached hydrogen (secondary N) is 1. The van der Waals surface area contributed by atoms with E-state index in [9.17, 15) is 4.79 Å². The van der Waals surface area contributed by atoms with Crippen LogP contribution in [0.15, 0.2) is 53.4 Å². The maximum absolute atomic E-state index is 12.5. The molecule has 1 atom stereocenters. The molecule has 0 bridgehead atoms. The first-order valence-electron chi connectivity index (χ1n) is 8.89. The Hall–Kier alpha value is -2.48. The SMILES string of the molecule is Cc1cc([C@H](c2ccncc2)N2CCOCC2)c(NC(=O)c2ccco2)s1. The monoisotopic (exact) mass is 383 g/mol. The topological polar surface area (TPSA) is 67.6 Å². The summed E-state index contributed by atoms with van der Waals surface area (Å²) in [6.45, 7) is 5.15. The fraction of sp³-hybridized carbons (Fsp3) is 0.300. The molecule has 7 heteroatoms. The fourth-order valence-electron chi connectivity index (χ4n) is 3.38. The molecule has 3 aromatic heterocycles. The first-order chi connectivity index (χ1) is 13.2. The molecule has 0 aromatic carbocycles. The van der Waals surface area contributed by atoms with Gasteiger partial charge >= 0.3 is 0 Å². The van der Waals surface area contributed by atoms with Crippen LogP contribution in [0.3, 0.4) is 0 Å². The number of morpholine rings is 1. The van der Waals surface area contributed by atoms with Gasteiger partial charge in [-0.05, 0) is 42.8 Å². The lowest BCUT2D eigenvalue weighted by Gasteiger charge is -2.35. The van der Waals surface area contributed by atoms with Gasteiger partial charge in [-0.15, -0.1) is 11.3 Å². The van der Waals surface area contributed by atoms with Crippen molar-refractivity contribution in [2.24, 2.45) is 0 Å². The summed E-state index contributed by atoms with van der Waals surface area (Å²) in [4.78, 5) is 20.2. The summed E-state index contributed by atoms with van der Waals surface area (Å²) >= 11 is 1.58. The number of aryl methyl sites for hydroxylation is 1. The number of hydrogen-bond donors (Lipinski definition) is 1. The lowest BCUT2D eigenvalue weighted by atomic mass is 9.99. The molecule has 1 aliphatic rings. The number of carbonyl (C=O) groups excluding carboxylic acids is 1. The molecule has 4 rings (SSSR count). The molecule has 0 unspecified atom stereocenters. The maximum atomic E-state index is 12.5. The van der Waals surface area contributed by atoms with E-state index in [1.54, 1.807) is 23.5 Å². The molecule has 1 saturated heterocycles. The first-order valence-corrected chi connectivity index (χ1v) is 9.71. The Labute approximate surface area is 161 Å². The van der Waals surface area contributed by atoms with E-state index in [-0.39, 0.29) is 11.9 Å². The third-order valence-electron chi connectivity index (χ3n) is 4.58. The summed E-state index contributed by atoms with van der Waals surface area (Å²) in [6, 6.07) is 9.63. The molecule has 4 heterocycles. The van der Waals surface area contributed by atoms with Crippen molar-refractivity contribution in [2.45, 2.75) is 13.0 Å². The number of rotatable bonds is 5. The van der Waals surface area contributed by atoms with Gasteiger partial charge in [0.15, 0.2) is 5.76 Å². The van der Waals surface area contributed by atoms with E-state index >= 15 is 0 Å². The summed E-state index contributed by atoms with van der Waals surface area (Å²) < 4.78 is 10.8. The van der Waals surface area contributed by atoms with Crippen LogP contribution in [0.1, 0.15) is 32.6 Å². The molecular weight excluding hydrogens is 362 g/mol. The highest BCUT2D eigenvalue weighted by atomic mass is 32.1. The van der Waals surface area contributed by atoms with Gasteiger partial charge in [0.05, 0.1) is 25.5 Å². The van der Waals surface area contributed by atoms with E-state index in [0.29, 0.717) is 19.0 Å². The minimum Gasteiger partial charge on any atom is -0.459 e. The summed E-state index contributed by atoms with van der Waals surface area (Å²) in [6.07, 6.45) is 5.12. The van der Waals surface area contributed by atoms with Crippen molar-refractivity contribution in [1.29, 1.82) is 0 Å². The normalized spacial score (nSPS) is 16.2. The highest BCUT2D eigenvalue weighted by molar-refractivity contribution is 7.16. The van der Waals surface area contributed by atoms with Crippen molar-refractivity contribution in [3.05, 3.63) is 70.8 Å². The number of hydrogen-bond acceptors (Lipinski definition) is 6. The molecule has 1 fully saturated rings. The Balaban J connectivity index is 1.70. The van der Waals surface area contributed by atoms with Crippen molar-refractivity contribution < 1.29 is 13.9 Å². The van der Waals surface area contributed by atoms with Crippen molar-refractivity contribution >= 4 is 22.2 Å². The van der Waals surface area contributed by atoms with Crippen LogP contribution >= 0.6 is 11.3 Å². The van der Waals surface area contributed by atoms with Crippen LogP contribution in [-0.4, -0.2) is 42.1 Å². The summed E-state index contributed by atoms with van der Waals surface area (Å²) in [5, 5.41) is 3.88. The fourth-order valence-corrected chi connectivity index (χ4v) is 4.32. The highest BCUT2D eigenvalue weighted by Gasteiger charge is 2.28. The van der Waals surface area contributed by atoms with E-state index in [4.69, 9.17) is 9.15 Å². The van der Waals surface area contributed by atoms with Crippen molar-refractivity contribution in [3.8, 4) is 0 Å². The quantitative estimate of drug-likeness (QED) is 0.727. The Morgan fingerprint density at radius 3 is 2.74 bits per heavy atom. The van der Waals surface area contributed by atoms with Gasteiger partial charge in [-0.3, -0.25) is 14.7 Å². The number of carbonyl (C=O) groups is 1. The van der Waals surface area contributed by atoms with E-state index in [2.05, 4.69) is 28.2 Å². The van der Waals surface area contributed by atoms with Crippen LogP contribution < -0.4 is 5.32 Å². The number of furan rings is 1. The largest absolute Gasteiger partial charge is 0.459 e. The Bertz CT molecular complexity index is 887. The van der Waals surface area contributed by atoms with Crippen LogP contribution in [0.25, 0.3) is 0 Å². The molecule has 1 N–H and O–H groups in total. The van der Waals surface area contributed by atoms with Crippen LogP contribution in [0.4, 0.5) is 5.00 Å². The van der Waals surface area contributed by atoms with Crippen molar-refractivity contribution in [1.82, 2.24) is 9.88 Å². The van der Waals surface area contributed by atoms with E-state index in [1.165, 1.54) is 6.26 Å². The molecule has 6 nitrogen and oxygen atoms in total. The molecule has 1 amide bonds. The van der Waals surface area contributed by atoms with Crippen LogP contribution in [0.2, 0.25) is 0 Å². The second-order valence-corrected chi connectivity index (χ2v) is 7.66. The number of ether oxygens (including phenoxy) is 1. The average Bonchev–Trinajstić information content (AvgIpc) is 3.34. The van der Waals surface area contributed by atoms with Gasteiger partial charge in [0, 0.05) is 35.9 Å². The molecule has 140 valence electrons. The predicted molar refractivity (Wildman–Crippen MR) is 104 cm³/mol. The number of thiophene rings is 1. The zero-order chi connectivity index (χ0) is 18.6. The van der Waals surface area contributed by atoms with E-state index in [1.807, 2.05) is 24.5 Å². The van der Waals surface area contributed by atoms with Crippen LogP contribution in [0, 0.1) is 6.92 Å². The number of aromatic nitrogens is 1. The third-order valence-corrected chi connectivity index (χ3v) is 5.57. The van der Waals surface area contributed by atoms with Gasteiger partial charge in [-0.1, -0.05) is 0 Å². The third kappa shape index (κ3) is 3.95. The molecular formula is C20H21N3O3S.